The molecule has 5 nitrogen and oxygen atoms in total. The van der Waals surface area contributed by atoms with Crippen molar-refractivity contribution in [3.63, 3.8) is 0 Å². The molecule has 0 N–H and O–H groups in total. The zero-order valence-corrected chi connectivity index (χ0v) is 14.0. The van der Waals surface area contributed by atoms with Crippen LogP contribution >= 0.6 is 0 Å². The van der Waals surface area contributed by atoms with Crippen molar-refractivity contribution in [3.05, 3.63) is 23.8 Å². The predicted octanol–water partition coefficient (Wildman–Crippen LogP) is 2.66. The van der Waals surface area contributed by atoms with Crippen LogP contribution in [0.5, 0.6) is 0 Å². The summed E-state index contributed by atoms with van der Waals surface area (Å²) in [6, 6.07) is 7.21. The van der Waals surface area contributed by atoms with Gasteiger partial charge in [0, 0.05) is 44.7 Å². The quantitative estimate of drug-likeness (QED) is 0.841. The molecule has 3 aliphatic heterocycles. The summed E-state index contributed by atoms with van der Waals surface area (Å²) < 4.78 is 5.21. The molecule has 0 radical (unpaired) electrons. The first-order valence-corrected chi connectivity index (χ1v) is 8.80. The third-order valence-electron chi connectivity index (χ3n) is 5.57. The molecule has 23 heavy (non-hydrogen) atoms. The minimum Gasteiger partial charge on any atom is -0.450 e. The Labute approximate surface area is 137 Å². The molecule has 2 atom stereocenters. The second kappa shape index (κ2) is 5.62. The van der Waals surface area contributed by atoms with Gasteiger partial charge >= 0.3 is 6.09 Å². The third kappa shape index (κ3) is 2.17. The molecule has 1 aromatic carbocycles. The van der Waals surface area contributed by atoms with Gasteiger partial charge in [-0.05, 0) is 31.9 Å². The van der Waals surface area contributed by atoms with Crippen LogP contribution in [-0.2, 0) is 4.74 Å². The van der Waals surface area contributed by atoms with Crippen LogP contribution in [0.15, 0.2) is 18.2 Å². The summed E-state index contributed by atoms with van der Waals surface area (Å²) in [6.45, 7) is 9.36. The van der Waals surface area contributed by atoms with Crippen molar-refractivity contribution in [2.24, 2.45) is 0 Å². The van der Waals surface area contributed by atoms with Crippen LogP contribution in [-0.4, -0.2) is 56.4 Å². The van der Waals surface area contributed by atoms with E-state index in [1.807, 2.05) is 11.8 Å². The van der Waals surface area contributed by atoms with Crippen LogP contribution in [0, 0.1) is 0 Å². The Morgan fingerprint density at radius 3 is 2.91 bits per heavy atom. The molecule has 1 saturated heterocycles. The molecule has 4 rings (SSSR count). The molecule has 0 bridgehead atoms. The van der Waals surface area contributed by atoms with Crippen molar-refractivity contribution < 1.29 is 9.53 Å². The fraction of sp³-hybridized carbons (Fsp3) is 0.611. The Kier molecular flexibility index (Phi) is 3.58. The molecule has 3 aliphatic rings. The number of rotatable bonds is 2. The molecule has 1 aromatic rings. The van der Waals surface area contributed by atoms with Gasteiger partial charge < -0.3 is 19.4 Å². The monoisotopic (exact) mass is 315 g/mol. The Bertz CT molecular complexity index is 618. The number of ether oxygens (including phenoxy) is 1. The van der Waals surface area contributed by atoms with Gasteiger partial charge in [0.25, 0.3) is 0 Å². The van der Waals surface area contributed by atoms with E-state index in [0.717, 1.165) is 39.1 Å². The zero-order chi connectivity index (χ0) is 16.0. The highest BCUT2D eigenvalue weighted by atomic mass is 16.6. The molecule has 1 amide bonds. The molecule has 5 heteroatoms. The SMILES string of the molecule is CCOC(=O)N1CC[C@H]2[C@@H](C1)c1cccc3c1N2CCN3CC. The van der Waals surface area contributed by atoms with Crippen LogP contribution in [0.4, 0.5) is 16.2 Å². The van der Waals surface area contributed by atoms with Crippen molar-refractivity contribution in [2.45, 2.75) is 32.2 Å². The van der Waals surface area contributed by atoms with Crippen LogP contribution in [0.1, 0.15) is 31.7 Å². The Morgan fingerprint density at radius 2 is 2.13 bits per heavy atom. The predicted molar refractivity (Wildman–Crippen MR) is 91.4 cm³/mol. The van der Waals surface area contributed by atoms with E-state index < -0.39 is 0 Å². The second-order valence-electron chi connectivity index (χ2n) is 6.60. The number of anilines is 2. The van der Waals surface area contributed by atoms with E-state index in [1.165, 1.54) is 16.9 Å². The molecule has 3 heterocycles. The number of carbonyl (C=O) groups is 1. The number of likely N-dealkylation sites (tertiary alicyclic amines) is 1. The molecule has 0 aliphatic carbocycles. The lowest BCUT2D eigenvalue weighted by Crippen LogP contribution is -2.50. The lowest BCUT2D eigenvalue weighted by molar-refractivity contribution is 0.0934. The van der Waals surface area contributed by atoms with Crippen molar-refractivity contribution in [3.8, 4) is 0 Å². The van der Waals surface area contributed by atoms with Crippen molar-refractivity contribution in [1.29, 1.82) is 0 Å². The largest absolute Gasteiger partial charge is 0.450 e. The first-order valence-electron chi connectivity index (χ1n) is 8.80. The average molecular weight is 315 g/mol. The van der Waals surface area contributed by atoms with Gasteiger partial charge in [-0.1, -0.05) is 12.1 Å². The fourth-order valence-corrected chi connectivity index (χ4v) is 4.54. The maximum Gasteiger partial charge on any atom is 0.409 e. The lowest BCUT2D eigenvalue weighted by atomic mass is 9.89. The Balaban J connectivity index is 1.66. The topological polar surface area (TPSA) is 36.0 Å². The highest BCUT2D eigenvalue weighted by molar-refractivity contribution is 5.81. The van der Waals surface area contributed by atoms with Crippen LogP contribution in [0.3, 0.4) is 0 Å². The summed E-state index contributed by atoms with van der Waals surface area (Å²) in [7, 11) is 0. The number of piperidine rings is 1. The van der Waals surface area contributed by atoms with Gasteiger partial charge in [-0.2, -0.15) is 0 Å². The smallest absolute Gasteiger partial charge is 0.409 e. The van der Waals surface area contributed by atoms with E-state index >= 15 is 0 Å². The first kappa shape index (κ1) is 14.7. The number of likely N-dealkylation sites (N-methyl/N-ethyl adjacent to an activating group) is 1. The van der Waals surface area contributed by atoms with Gasteiger partial charge in [0.05, 0.1) is 18.0 Å². The summed E-state index contributed by atoms with van der Waals surface area (Å²) in [5, 5.41) is 0. The first-order chi connectivity index (χ1) is 11.2. The number of para-hydroxylation sites is 1. The number of hydrogen-bond acceptors (Lipinski definition) is 4. The van der Waals surface area contributed by atoms with Crippen molar-refractivity contribution in [1.82, 2.24) is 4.90 Å². The van der Waals surface area contributed by atoms with Gasteiger partial charge in [0.2, 0.25) is 0 Å². The summed E-state index contributed by atoms with van der Waals surface area (Å²) >= 11 is 0. The number of nitrogens with zero attached hydrogens (tertiary/aromatic N) is 3. The van der Waals surface area contributed by atoms with E-state index in [0.29, 0.717) is 18.6 Å². The average Bonchev–Trinajstić information content (AvgIpc) is 2.91. The Morgan fingerprint density at radius 1 is 1.26 bits per heavy atom. The number of fused-ring (bicyclic) bond motifs is 3. The van der Waals surface area contributed by atoms with Crippen LogP contribution < -0.4 is 9.80 Å². The van der Waals surface area contributed by atoms with Crippen molar-refractivity contribution >= 4 is 17.5 Å². The van der Waals surface area contributed by atoms with Crippen LogP contribution in [0.2, 0.25) is 0 Å². The van der Waals surface area contributed by atoms with Gasteiger partial charge in [-0.15, -0.1) is 0 Å². The van der Waals surface area contributed by atoms with E-state index in [4.69, 9.17) is 4.74 Å². The minimum absolute atomic E-state index is 0.160. The normalized spacial score (nSPS) is 25.2. The molecular formula is C18H25N3O2. The lowest BCUT2D eigenvalue weighted by Gasteiger charge is -2.42. The summed E-state index contributed by atoms with van der Waals surface area (Å²) in [6.07, 6.45) is 0.871. The highest BCUT2D eigenvalue weighted by Crippen LogP contribution is 2.50. The number of carbonyl (C=O) groups excluding carboxylic acids is 1. The molecular weight excluding hydrogens is 290 g/mol. The summed E-state index contributed by atoms with van der Waals surface area (Å²) in [5.74, 6) is 0.417. The fourth-order valence-electron chi connectivity index (χ4n) is 4.54. The molecule has 124 valence electrons. The maximum atomic E-state index is 12.1. The van der Waals surface area contributed by atoms with Crippen molar-refractivity contribution in [2.75, 3.05) is 49.1 Å². The van der Waals surface area contributed by atoms with Gasteiger partial charge in [0.1, 0.15) is 0 Å². The van der Waals surface area contributed by atoms with Gasteiger partial charge in [0.15, 0.2) is 0 Å². The molecule has 0 spiro atoms. The van der Waals surface area contributed by atoms with E-state index in [2.05, 4.69) is 34.9 Å². The molecule has 0 aromatic heterocycles. The standard InChI is InChI=1S/C18H25N3O2/c1-3-19-10-11-21-15-8-9-20(18(22)23-4-2)12-14(15)13-6-5-7-16(19)17(13)21/h5-7,14-15H,3-4,8-12H2,1-2H3/t14-,15-/m0/s1. The maximum absolute atomic E-state index is 12.1. The molecule has 0 saturated carbocycles. The van der Waals surface area contributed by atoms with Gasteiger partial charge in [-0.25, -0.2) is 4.79 Å². The second-order valence-corrected chi connectivity index (χ2v) is 6.60. The number of amides is 1. The third-order valence-corrected chi connectivity index (χ3v) is 5.57. The summed E-state index contributed by atoms with van der Waals surface area (Å²) in [5.41, 5.74) is 4.20. The number of hydrogen-bond donors (Lipinski definition) is 0. The van der Waals surface area contributed by atoms with E-state index in [-0.39, 0.29) is 6.09 Å². The summed E-state index contributed by atoms with van der Waals surface area (Å²) in [4.78, 5) is 19.1. The number of benzene rings is 1. The van der Waals surface area contributed by atoms with Gasteiger partial charge in [-0.3, -0.25) is 0 Å². The van der Waals surface area contributed by atoms with E-state index in [9.17, 15) is 4.79 Å². The minimum atomic E-state index is -0.160. The molecule has 0 unspecified atom stereocenters. The highest BCUT2D eigenvalue weighted by Gasteiger charge is 2.45. The molecule has 1 fully saturated rings. The zero-order valence-electron chi connectivity index (χ0n) is 14.0. The van der Waals surface area contributed by atoms with E-state index in [1.54, 1.807) is 0 Å². The van der Waals surface area contributed by atoms with Crippen LogP contribution in [0.25, 0.3) is 0 Å². The Hall–Kier alpha value is -1.91.